The van der Waals surface area contributed by atoms with Crippen LogP contribution in [-0.2, 0) is 12.8 Å². The molecule has 0 spiro atoms. The second-order valence-electron chi connectivity index (χ2n) is 10.2. The molecule has 0 fully saturated rings. The molecule has 0 saturated carbocycles. The standard InChI is InChI=1S/C33H27BSi/c1-35(28-14-4-2-5-15-28,29-16-6-3-7-17-29)30-22-26-20-24-12-8-10-18-31(24)34-32-19-11-9-13-25(32)21-27(23-30)33(26)34/h2-19,22-23H,20-21H2,1H3. The van der Waals surface area contributed by atoms with Gasteiger partial charge in [-0.1, -0.05) is 144 Å². The van der Waals surface area contributed by atoms with E-state index in [0.29, 0.717) is 6.71 Å². The molecule has 2 aliphatic rings. The predicted octanol–water partition coefficient (Wildman–Crippen LogP) is 3.11. The Labute approximate surface area is 209 Å². The minimum atomic E-state index is -2.17. The highest BCUT2D eigenvalue weighted by Crippen LogP contribution is 2.23. The topological polar surface area (TPSA) is 0 Å². The summed E-state index contributed by atoms with van der Waals surface area (Å²) in [7, 11) is -2.17. The fraction of sp³-hybridized carbons (Fsp3) is 0.0909. The number of hydrogen-bond acceptors (Lipinski definition) is 0. The smallest absolute Gasteiger partial charge is 0.0667 e. The van der Waals surface area contributed by atoms with Gasteiger partial charge in [0.25, 0.3) is 0 Å². The lowest BCUT2D eigenvalue weighted by Crippen LogP contribution is -2.66. The highest BCUT2D eigenvalue weighted by molar-refractivity contribution is 7.10. The molecule has 0 aromatic heterocycles. The number of benzene rings is 5. The largest absolute Gasteiger partial charge is 0.242 e. The molecule has 0 unspecified atom stereocenters. The van der Waals surface area contributed by atoms with Crippen LogP contribution in [0.5, 0.6) is 0 Å². The third kappa shape index (κ3) is 3.13. The molecule has 0 bridgehead atoms. The predicted molar refractivity (Wildman–Crippen MR) is 153 cm³/mol. The molecule has 5 aromatic carbocycles. The maximum absolute atomic E-state index is 2.59. The Hall–Kier alpha value is -3.62. The molecule has 35 heavy (non-hydrogen) atoms. The van der Waals surface area contributed by atoms with Crippen molar-refractivity contribution in [3.63, 3.8) is 0 Å². The summed E-state index contributed by atoms with van der Waals surface area (Å²) in [5.74, 6) is 0. The average molecular weight is 462 g/mol. The SMILES string of the molecule is C[Si](c1ccccc1)(c1ccccc1)c1cc2c3c(c1)Cc1ccccc1B3c1ccccc1C2. The van der Waals surface area contributed by atoms with Gasteiger partial charge in [0.15, 0.2) is 0 Å². The van der Waals surface area contributed by atoms with Crippen molar-refractivity contribution in [1.29, 1.82) is 0 Å². The summed E-state index contributed by atoms with van der Waals surface area (Å²) in [6.45, 7) is 2.89. The van der Waals surface area contributed by atoms with Crippen LogP contribution < -0.4 is 31.9 Å². The van der Waals surface area contributed by atoms with E-state index in [1.807, 2.05) is 0 Å². The van der Waals surface area contributed by atoms with Crippen molar-refractivity contribution in [2.24, 2.45) is 0 Å². The van der Waals surface area contributed by atoms with Crippen molar-refractivity contribution >= 4 is 46.7 Å². The molecule has 0 radical (unpaired) electrons. The van der Waals surface area contributed by atoms with E-state index in [0.717, 1.165) is 12.8 Å². The van der Waals surface area contributed by atoms with Crippen molar-refractivity contribution in [3.05, 3.63) is 144 Å². The molecule has 0 aliphatic carbocycles. The first-order valence-corrected chi connectivity index (χ1v) is 15.2. The first kappa shape index (κ1) is 20.7. The molecular formula is C33H27BSi. The third-order valence-electron chi connectivity index (χ3n) is 8.41. The van der Waals surface area contributed by atoms with Gasteiger partial charge in [-0.15, -0.1) is 0 Å². The van der Waals surface area contributed by atoms with Crippen LogP contribution in [-0.4, -0.2) is 14.8 Å². The second-order valence-corrected chi connectivity index (χ2v) is 14.2. The molecule has 0 nitrogen and oxygen atoms in total. The minimum Gasteiger partial charge on any atom is -0.0667 e. The first-order valence-electron chi connectivity index (χ1n) is 12.7. The average Bonchev–Trinajstić information content (AvgIpc) is 2.93. The summed E-state index contributed by atoms with van der Waals surface area (Å²) >= 11 is 0. The quantitative estimate of drug-likeness (QED) is 0.280. The van der Waals surface area contributed by atoms with E-state index < -0.39 is 8.07 Å². The summed E-state index contributed by atoms with van der Waals surface area (Å²) in [4.78, 5) is 0. The summed E-state index contributed by atoms with van der Waals surface area (Å²) in [5, 5.41) is 4.48. The van der Waals surface area contributed by atoms with Gasteiger partial charge in [-0.2, -0.15) is 0 Å². The van der Waals surface area contributed by atoms with Crippen molar-refractivity contribution in [1.82, 2.24) is 0 Å². The van der Waals surface area contributed by atoms with E-state index in [1.54, 1.807) is 5.46 Å². The van der Waals surface area contributed by atoms with Gasteiger partial charge in [-0.25, -0.2) is 0 Å². The number of fused-ring (bicyclic) bond motifs is 4. The lowest BCUT2D eigenvalue weighted by molar-refractivity contribution is 1.15. The van der Waals surface area contributed by atoms with Crippen molar-refractivity contribution in [2.75, 3.05) is 0 Å². The zero-order chi connectivity index (χ0) is 23.4. The minimum absolute atomic E-state index is 0.352. The van der Waals surface area contributed by atoms with Gasteiger partial charge in [-0.05, 0) is 50.7 Å². The Morgan fingerprint density at radius 3 is 1.40 bits per heavy atom. The Kier molecular flexibility index (Phi) is 4.72. The lowest BCUT2D eigenvalue weighted by atomic mass is 9.30. The van der Waals surface area contributed by atoms with Crippen molar-refractivity contribution in [3.8, 4) is 0 Å². The highest BCUT2D eigenvalue weighted by atomic mass is 28.3. The van der Waals surface area contributed by atoms with Crippen LogP contribution in [0.4, 0.5) is 0 Å². The van der Waals surface area contributed by atoms with Crippen molar-refractivity contribution < 1.29 is 0 Å². The second kappa shape index (κ2) is 7.97. The summed E-state index contributed by atoms with van der Waals surface area (Å²) in [6, 6.07) is 45.9. The Balaban J connectivity index is 1.50. The molecule has 0 N–H and O–H groups in total. The fourth-order valence-electron chi connectivity index (χ4n) is 6.62. The molecule has 5 aromatic rings. The third-order valence-corrected chi connectivity index (χ3v) is 12.8. The monoisotopic (exact) mass is 462 g/mol. The van der Waals surface area contributed by atoms with E-state index >= 15 is 0 Å². The molecule has 0 saturated heterocycles. The van der Waals surface area contributed by atoms with Crippen LogP contribution in [0.3, 0.4) is 0 Å². The molecule has 166 valence electrons. The Morgan fingerprint density at radius 2 is 0.914 bits per heavy atom. The summed E-state index contributed by atoms with van der Waals surface area (Å²) < 4.78 is 0. The van der Waals surface area contributed by atoms with E-state index in [9.17, 15) is 0 Å². The maximum Gasteiger partial charge on any atom is 0.242 e. The Bertz CT molecular complexity index is 1450. The van der Waals surface area contributed by atoms with Crippen LogP contribution in [0.2, 0.25) is 6.55 Å². The maximum atomic E-state index is 2.59. The van der Waals surface area contributed by atoms with Crippen LogP contribution >= 0.6 is 0 Å². The van der Waals surface area contributed by atoms with E-state index in [4.69, 9.17) is 0 Å². The number of rotatable bonds is 3. The van der Waals surface area contributed by atoms with Gasteiger partial charge in [0, 0.05) is 0 Å². The lowest BCUT2D eigenvalue weighted by Gasteiger charge is -2.37. The van der Waals surface area contributed by atoms with Crippen LogP contribution in [0.1, 0.15) is 22.3 Å². The van der Waals surface area contributed by atoms with Gasteiger partial charge in [0.2, 0.25) is 6.71 Å². The molecule has 0 amide bonds. The van der Waals surface area contributed by atoms with E-state index in [-0.39, 0.29) is 0 Å². The van der Waals surface area contributed by atoms with E-state index in [2.05, 4.69) is 128 Å². The molecule has 0 atom stereocenters. The molecular weight excluding hydrogens is 435 g/mol. The van der Waals surface area contributed by atoms with Gasteiger partial charge >= 0.3 is 0 Å². The van der Waals surface area contributed by atoms with Crippen LogP contribution in [0.15, 0.2) is 121 Å². The van der Waals surface area contributed by atoms with Gasteiger partial charge < -0.3 is 0 Å². The summed E-state index contributed by atoms with van der Waals surface area (Å²) in [6.07, 6.45) is 2.05. The fourth-order valence-corrected chi connectivity index (χ4v) is 10.3. The first-order chi connectivity index (χ1) is 17.2. The zero-order valence-electron chi connectivity index (χ0n) is 20.0. The molecule has 2 heterocycles. The Morgan fingerprint density at radius 1 is 0.486 bits per heavy atom. The van der Waals surface area contributed by atoms with Crippen molar-refractivity contribution in [2.45, 2.75) is 19.4 Å². The highest BCUT2D eigenvalue weighted by Gasteiger charge is 2.40. The van der Waals surface area contributed by atoms with Gasteiger partial charge in [-0.3, -0.25) is 0 Å². The van der Waals surface area contributed by atoms with Crippen LogP contribution in [0.25, 0.3) is 0 Å². The molecule has 7 rings (SSSR count). The van der Waals surface area contributed by atoms with Crippen LogP contribution in [0, 0.1) is 0 Å². The summed E-state index contributed by atoms with van der Waals surface area (Å²) in [5.41, 5.74) is 10.6. The zero-order valence-corrected chi connectivity index (χ0v) is 21.0. The molecule has 2 heteroatoms. The van der Waals surface area contributed by atoms with E-state index in [1.165, 1.54) is 48.7 Å². The van der Waals surface area contributed by atoms with Gasteiger partial charge in [0.1, 0.15) is 8.07 Å². The molecule has 2 aliphatic heterocycles. The van der Waals surface area contributed by atoms with Gasteiger partial charge in [0.05, 0.1) is 0 Å². The normalized spacial score (nSPS) is 13.6. The number of hydrogen-bond donors (Lipinski definition) is 0.